The molecule has 1 aliphatic heterocycles. The van der Waals surface area contributed by atoms with E-state index in [1.165, 1.54) is 5.56 Å². The molecule has 5 nitrogen and oxygen atoms in total. The number of benzene rings is 1. The SMILES string of the molecule is Cc1nc(-c2c[nH]c(C(=O)N3C[C@@H](CN)[C@H](c4ccccc4)C3)c2)cs1. The molecule has 3 N–H and O–H groups in total. The molecule has 1 aromatic carbocycles. The topological polar surface area (TPSA) is 75.0 Å². The lowest BCUT2D eigenvalue weighted by Crippen LogP contribution is -2.30. The Morgan fingerprint density at radius 2 is 2.15 bits per heavy atom. The van der Waals surface area contributed by atoms with Gasteiger partial charge < -0.3 is 15.6 Å². The fraction of sp³-hybridized carbons (Fsp3) is 0.300. The molecule has 1 saturated heterocycles. The average molecular weight is 366 g/mol. The molecule has 2 aromatic heterocycles. The van der Waals surface area contributed by atoms with Gasteiger partial charge in [-0.25, -0.2) is 4.98 Å². The second-order valence-corrected chi connectivity index (χ2v) is 7.84. The van der Waals surface area contributed by atoms with E-state index >= 15 is 0 Å². The number of likely N-dealkylation sites (tertiary alicyclic amines) is 1. The molecule has 2 atom stereocenters. The third-order valence-corrected chi connectivity index (χ3v) is 5.86. The number of aryl methyl sites for hydroxylation is 1. The molecule has 1 fully saturated rings. The fourth-order valence-corrected chi connectivity index (χ4v) is 4.31. The maximum atomic E-state index is 13.0. The summed E-state index contributed by atoms with van der Waals surface area (Å²) < 4.78 is 0. The third kappa shape index (κ3) is 3.18. The molecule has 6 heteroatoms. The predicted molar refractivity (Wildman–Crippen MR) is 104 cm³/mol. The van der Waals surface area contributed by atoms with Crippen molar-refractivity contribution in [3.63, 3.8) is 0 Å². The van der Waals surface area contributed by atoms with E-state index in [4.69, 9.17) is 5.73 Å². The van der Waals surface area contributed by atoms with Gasteiger partial charge in [0, 0.05) is 36.1 Å². The molecule has 3 aromatic rings. The second kappa shape index (κ2) is 7.05. The highest BCUT2D eigenvalue weighted by atomic mass is 32.1. The molecule has 0 bridgehead atoms. The van der Waals surface area contributed by atoms with E-state index in [9.17, 15) is 4.79 Å². The normalized spacial score (nSPS) is 19.8. The number of nitrogens with two attached hydrogens (primary N) is 1. The Balaban J connectivity index is 1.53. The predicted octanol–water partition coefficient (Wildman–Crippen LogP) is 3.26. The first-order chi connectivity index (χ1) is 12.7. The third-order valence-electron chi connectivity index (χ3n) is 5.09. The highest BCUT2D eigenvalue weighted by molar-refractivity contribution is 7.09. The lowest BCUT2D eigenvalue weighted by Gasteiger charge is -2.16. The summed E-state index contributed by atoms with van der Waals surface area (Å²) in [5.74, 6) is 0.609. The minimum Gasteiger partial charge on any atom is -0.357 e. The highest BCUT2D eigenvalue weighted by Crippen LogP contribution is 2.33. The van der Waals surface area contributed by atoms with Crippen LogP contribution in [0.4, 0.5) is 0 Å². The van der Waals surface area contributed by atoms with Crippen molar-refractivity contribution in [2.45, 2.75) is 12.8 Å². The van der Waals surface area contributed by atoms with Gasteiger partial charge in [0.05, 0.1) is 10.7 Å². The van der Waals surface area contributed by atoms with Crippen molar-refractivity contribution >= 4 is 17.2 Å². The fourth-order valence-electron chi connectivity index (χ4n) is 3.69. The molecular weight excluding hydrogens is 344 g/mol. The van der Waals surface area contributed by atoms with Gasteiger partial charge in [0.25, 0.3) is 5.91 Å². The molecule has 134 valence electrons. The van der Waals surface area contributed by atoms with E-state index in [0.717, 1.165) is 16.3 Å². The van der Waals surface area contributed by atoms with Crippen LogP contribution in [0.15, 0.2) is 48.0 Å². The Morgan fingerprint density at radius 1 is 1.35 bits per heavy atom. The molecule has 0 unspecified atom stereocenters. The first-order valence-electron chi connectivity index (χ1n) is 8.81. The number of carbonyl (C=O) groups is 1. The number of aromatic nitrogens is 2. The van der Waals surface area contributed by atoms with Crippen LogP contribution in [0.3, 0.4) is 0 Å². The van der Waals surface area contributed by atoms with Gasteiger partial charge in [0.2, 0.25) is 0 Å². The summed E-state index contributed by atoms with van der Waals surface area (Å²) in [4.78, 5) is 22.5. The molecule has 0 saturated carbocycles. The van der Waals surface area contributed by atoms with Gasteiger partial charge in [-0.05, 0) is 31.0 Å². The van der Waals surface area contributed by atoms with Gasteiger partial charge in [-0.2, -0.15) is 0 Å². The maximum Gasteiger partial charge on any atom is 0.270 e. The Labute approximate surface area is 156 Å². The molecule has 0 radical (unpaired) electrons. The van der Waals surface area contributed by atoms with E-state index in [2.05, 4.69) is 22.1 Å². The largest absolute Gasteiger partial charge is 0.357 e. The van der Waals surface area contributed by atoms with Crippen LogP contribution in [0.25, 0.3) is 11.3 Å². The minimum atomic E-state index is 0.0279. The zero-order valence-corrected chi connectivity index (χ0v) is 15.5. The molecule has 3 heterocycles. The second-order valence-electron chi connectivity index (χ2n) is 6.78. The summed E-state index contributed by atoms with van der Waals surface area (Å²) in [6.45, 7) is 3.96. The standard InChI is InChI=1S/C20H22N4OS/c1-13-23-19(12-26-13)15-7-18(22-9-15)20(25)24-10-16(8-21)17(11-24)14-5-3-2-4-6-14/h2-7,9,12,16-17,22H,8,10-11,21H2,1H3/t16-,17+/m1/s1. The van der Waals surface area contributed by atoms with Gasteiger partial charge in [-0.15, -0.1) is 11.3 Å². The van der Waals surface area contributed by atoms with Crippen molar-refractivity contribution in [3.05, 3.63) is 64.2 Å². The number of hydrogen-bond donors (Lipinski definition) is 2. The zero-order valence-electron chi connectivity index (χ0n) is 14.7. The number of aromatic amines is 1. The van der Waals surface area contributed by atoms with E-state index in [0.29, 0.717) is 31.2 Å². The van der Waals surface area contributed by atoms with Crippen LogP contribution in [0.1, 0.15) is 27.0 Å². The molecule has 26 heavy (non-hydrogen) atoms. The molecule has 4 rings (SSSR count). The van der Waals surface area contributed by atoms with Gasteiger partial charge in [0.1, 0.15) is 5.69 Å². The van der Waals surface area contributed by atoms with Crippen molar-refractivity contribution in [1.29, 1.82) is 0 Å². The molecule has 0 aliphatic carbocycles. The van der Waals surface area contributed by atoms with E-state index in [-0.39, 0.29) is 11.8 Å². The van der Waals surface area contributed by atoms with E-state index in [1.54, 1.807) is 11.3 Å². The Hall–Kier alpha value is -2.44. The molecule has 1 aliphatic rings. The highest BCUT2D eigenvalue weighted by Gasteiger charge is 2.35. The lowest BCUT2D eigenvalue weighted by molar-refractivity contribution is 0.0781. The number of nitrogens with zero attached hydrogens (tertiary/aromatic N) is 2. The Kier molecular flexibility index (Phi) is 4.61. The smallest absolute Gasteiger partial charge is 0.270 e. The van der Waals surface area contributed by atoms with Crippen LogP contribution in [-0.4, -0.2) is 40.4 Å². The minimum absolute atomic E-state index is 0.0279. The summed E-state index contributed by atoms with van der Waals surface area (Å²) in [5.41, 5.74) is 9.71. The lowest BCUT2D eigenvalue weighted by atomic mass is 9.89. The van der Waals surface area contributed by atoms with Crippen LogP contribution < -0.4 is 5.73 Å². The summed E-state index contributed by atoms with van der Waals surface area (Å²) >= 11 is 1.61. The van der Waals surface area contributed by atoms with E-state index < -0.39 is 0 Å². The van der Waals surface area contributed by atoms with Gasteiger partial charge in [0.15, 0.2) is 0 Å². The van der Waals surface area contributed by atoms with Crippen molar-refractivity contribution in [1.82, 2.24) is 14.9 Å². The van der Waals surface area contributed by atoms with Gasteiger partial charge in [-0.1, -0.05) is 30.3 Å². The quantitative estimate of drug-likeness (QED) is 0.744. The molecule has 0 spiro atoms. The maximum absolute atomic E-state index is 13.0. The number of H-pyrrole nitrogens is 1. The van der Waals surface area contributed by atoms with Crippen molar-refractivity contribution in [2.75, 3.05) is 19.6 Å². The molecular formula is C20H22N4OS. The summed E-state index contributed by atoms with van der Waals surface area (Å²) in [6.07, 6.45) is 1.85. The van der Waals surface area contributed by atoms with Crippen LogP contribution in [0, 0.1) is 12.8 Å². The van der Waals surface area contributed by atoms with Crippen molar-refractivity contribution in [2.24, 2.45) is 11.7 Å². The monoisotopic (exact) mass is 366 g/mol. The summed E-state index contributed by atoms with van der Waals surface area (Å²) in [6, 6.07) is 12.2. The number of carbonyl (C=O) groups excluding carboxylic acids is 1. The Morgan fingerprint density at radius 3 is 2.85 bits per heavy atom. The van der Waals surface area contributed by atoms with Crippen molar-refractivity contribution < 1.29 is 4.79 Å². The number of rotatable bonds is 4. The molecule has 1 amide bonds. The van der Waals surface area contributed by atoms with Gasteiger partial charge in [-0.3, -0.25) is 4.79 Å². The first kappa shape index (κ1) is 17.0. The number of nitrogens with one attached hydrogen (secondary N) is 1. The zero-order chi connectivity index (χ0) is 18.1. The van der Waals surface area contributed by atoms with Gasteiger partial charge >= 0.3 is 0 Å². The number of amides is 1. The van der Waals surface area contributed by atoms with Crippen LogP contribution in [0.2, 0.25) is 0 Å². The Bertz CT molecular complexity index is 901. The van der Waals surface area contributed by atoms with Crippen LogP contribution in [0.5, 0.6) is 0 Å². The van der Waals surface area contributed by atoms with E-state index in [1.807, 2.05) is 47.7 Å². The first-order valence-corrected chi connectivity index (χ1v) is 9.69. The summed E-state index contributed by atoms with van der Waals surface area (Å²) in [7, 11) is 0. The van der Waals surface area contributed by atoms with Crippen LogP contribution >= 0.6 is 11.3 Å². The van der Waals surface area contributed by atoms with Crippen LogP contribution in [-0.2, 0) is 0 Å². The summed E-state index contributed by atoms with van der Waals surface area (Å²) in [5, 5.41) is 3.03. The average Bonchev–Trinajstić information content (AvgIpc) is 3.40. The number of hydrogen-bond acceptors (Lipinski definition) is 4. The van der Waals surface area contributed by atoms with Crippen molar-refractivity contribution in [3.8, 4) is 11.3 Å². The number of thiazole rings is 1.